The Bertz CT molecular complexity index is 642. The number of sulfone groups is 1. The monoisotopic (exact) mass is 341 g/mol. The van der Waals surface area contributed by atoms with Crippen LogP contribution in [0.5, 0.6) is 0 Å². The number of hydrogen-bond acceptors (Lipinski definition) is 4. The molecule has 128 valence electrons. The molecular weight excluding hydrogens is 318 g/mol. The predicted octanol–water partition coefficient (Wildman–Crippen LogP) is 1.36. The van der Waals surface area contributed by atoms with Gasteiger partial charge in [-0.15, -0.1) is 0 Å². The lowest BCUT2D eigenvalue weighted by Gasteiger charge is -2.29. The molecule has 0 fully saturated rings. The number of aliphatic carboxylic acids is 1. The average Bonchev–Trinajstić information content (AvgIpc) is 2.48. The van der Waals surface area contributed by atoms with Crippen LogP contribution in [0.1, 0.15) is 32.3 Å². The van der Waals surface area contributed by atoms with Gasteiger partial charge in [0.1, 0.15) is 11.2 Å². The number of carboxylic acid groups (broad SMARTS) is 1. The number of hydrogen-bond donors (Lipinski definition) is 2. The van der Waals surface area contributed by atoms with E-state index in [-0.39, 0.29) is 18.7 Å². The second-order valence-corrected chi connectivity index (χ2v) is 7.66. The lowest BCUT2D eigenvalue weighted by Crippen LogP contribution is -2.47. The van der Waals surface area contributed by atoms with Crippen LogP contribution < -0.4 is 5.32 Å². The zero-order valence-electron chi connectivity index (χ0n) is 13.4. The van der Waals surface area contributed by atoms with Crippen LogP contribution in [0.4, 0.5) is 0 Å². The highest BCUT2D eigenvalue weighted by atomic mass is 32.2. The summed E-state index contributed by atoms with van der Waals surface area (Å²) in [7, 11) is -3.45. The first-order valence-electron chi connectivity index (χ1n) is 7.53. The number of amides is 1. The molecule has 6 nitrogen and oxygen atoms in total. The van der Waals surface area contributed by atoms with Gasteiger partial charge in [-0.1, -0.05) is 44.2 Å². The van der Waals surface area contributed by atoms with Gasteiger partial charge in [-0.05, 0) is 18.4 Å². The summed E-state index contributed by atoms with van der Waals surface area (Å²) in [6.07, 6.45) is 0.710. The molecular formula is C16H23NO5S. The van der Waals surface area contributed by atoms with Crippen LogP contribution in [0, 0.1) is 0 Å². The Kier molecular flexibility index (Phi) is 6.75. The van der Waals surface area contributed by atoms with Crippen LogP contribution >= 0.6 is 0 Å². The first-order chi connectivity index (χ1) is 10.8. The Morgan fingerprint density at radius 2 is 1.78 bits per heavy atom. The van der Waals surface area contributed by atoms with Crippen molar-refractivity contribution in [3.05, 3.63) is 35.9 Å². The van der Waals surface area contributed by atoms with Crippen molar-refractivity contribution in [3.63, 3.8) is 0 Å². The van der Waals surface area contributed by atoms with Gasteiger partial charge in [0.2, 0.25) is 5.91 Å². The lowest BCUT2D eigenvalue weighted by atomic mass is 9.78. The molecule has 0 radical (unpaired) electrons. The van der Waals surface area contributed by atoms with E-state index in [1.165, 1.54) is 0 Å². The summed E-state index contributed by atoms with van der Waals surface area (Å²) >= 11 is 0. The molecule has 0 heterocycles. The van der Waals surface area contributed by atoms with Gasteiger partial charge in [-0.3, -0.25) is 9.59 Å². The van der Waals surface area contributed by atoms with Gasteiger partial charge in [0.05, 0.1) is 5.75 Å². The van der Waals surface area contributed by atoms with Crippen molar-refractivity contribution in [3.8, 4) is 0 Å². The molecule has 0 aliphatic carbocycles. The van der Waals surface area contributed by atoms with E-state index in [1.54, 1.807) is 44.2 Å². The molecule has 0 saturated carbocycles. The van der Waals surface area contributed by atoms with E-state index >= 15 is 0 Å². The maximum atomic E-state index is 11.9. The molecule has 7 heteroatoms. The van der Waals surface area contributed by atoms with Crippen LogP contribution in [-0.4, -0.2) is 43.5 Å². The van der Waals surface area contributed by atoms with Crippen molar-refractivity contribution in [1.29, 1.82) is 0 Å². The highest BCUT2D eigenvalue weighted by Crippen LogP contribution is 2.27. The van der Waals surface area contributed by atoms with E-state index in [1.807, 2.05) is 0 Å². The number of carbonyl (C=O) groups is 2. The Morgan fingerprint density at radius 1 is 1.17 bits per heavy atom. The first-order valence-corrected chi connectivity index (χ1v) is 9.35. The molecule has 23 heavy (non-hydrogen) atoms. The third kappa shape index (κ3) is 5.06. The molecule has 0 spiro atoms. The van der Waals surface area contributed by atoms with Gasteiger partial charge in [0.25, 0.3) is 0 Å². The highest BCUT2D eigenvalue weighted by molar-refractivity contribution is 7.92. The molecule has 1 atom stereocenters. The van der Waals surface area contributed by atoms with E-state index < -0.39 is 32.9 Å². The van der Waals surface area contributed by atoms with Crippen molar-refractivity contribution in [1.82, 2.24) is 5.32 Å². The standard InChI is InChI=1S/C16H23NO5S/c1-3-10-23(21,22)11-14(18)17-12-16(4-2,15(19)20)13-8-6-5-7-9-13/h5-9H,3-4,10-12H2,1-2H3,(H,17,18)(H,19,20). The second kappa shape index (κ2) is 8.10. The predicted molar refractivity (Wildman–Crippen MR) is 88.0 cm³/mol. The van der Waals surface area contributed by atoms with Gasteiger partial charge in [0.15, 0.2) is 9.84 Å². The van der Waals surface area contributed by atoms with Crippen LogP contribution in [0.15, 0.2) is 30.3 Å². The van der Waals surface area contributed by atoms with Gasteiger partial charge in [0, 0.05) is 6.54 Å². The average molecular weight is 341 g/mol. The van der Waals surface area contributed by atoms with Crippen LogP contribution in [0.25, 0.3) is 0 Å². The fraction of sp³-hybridized carbons (Fsp3) is 0.500. The van der Waals surface area contributed by atoms with Gasteiger partial charge >= 0.3 is 5.97 Å². The molecule has 1 aromatic carbocycles. The summed E-state index contributed by atoms with van der Waals surface area (Å²) in [5, 5.41) is 12.1. The molecule has 0 aromatic heterocycles. The normalized spacial score (nSPS) is 14.0. The summed E-state index contributed by atoms with van der Waals surface area (Å²) in [6.45, 7) is 3.29. The van der Waals surface area contributed by atoms with Gasteiger partial charge in [-0.25, -0.2) is 8.42 Å². The van der Waals surface area contributed by atoms with Crippen molar-refractivity contribution >= 4 is 21.7 Å². The van der Waals surface area contributed by atoms with Crippen molar-refractivity contribution in [2.75, 3.05) is 18.1 Å². The third-order valence-corrected chi connectivity index (χ3v) is 5.53. The Hall–Kier alpha value is -1.89. The fourth-order valence-corrected chi connectivity index (χ4v) is 3.69. The number of benzene rings is 1. The van der Waals surface area contributed by atoms with Gasteiger partial charge < -0.3 is 10.4 Å². The summed E-state index contributed by atoms with van der Waals surface area (Å²) in [5.41, 5.74) is -0.697. The van der Waals surface area contributed by atoms with E-state index in [2.05, 4.69) is 5.32 Å². The summed E-state index contributed by atoms with van der Waals surface area (Å²) in [5.74, 6) is -2.40. The topological polar surface area (TPSA) is 101 Å². The molecule has 1 rings (SSSR count). The van der Waals surface area contributed by atoms with E-state index in [4.69, 9.17) is 0 Å². The number of carboxylic acids is 1. The van der Waals surface area contributed by atoms with Crippen molar-refractivity contribution in [2.45, 2.75) is 32.1 Å². The smallest absolute Gasteiger partial charge is 0.315 e. The Balaban J connectivity index is 2.89. The second-order valence-electron chi connectivity index (χ2n) is 5.48. The van der Waals surface area contributed by atoms with E-state index in [9.17, 15) is 23.1 Å². The maximum Gasteiger partial charge on any atom is 0.315 e. The Morgan fingerprint density at radius 3 is 2.26 bits per heavy atom. The third-order valence-electron chi connectivity index (χ3n) is 3.79. The highest BCUT2D eigenvalue weighted by Gasteiger charge is 2.39. The van der Waals surface area contributed by atoms with Crippen molar-refractivity contribution in [2.24, 2.45) is 0 Å². The minimum Gasteiger partial charge on any atom is -0.481 e. The molecule has 0 aliphatic rings. The lowest BCUT2D eigenvalue weighted by molar-refractivity contribution is -0.144. The molecule has 0 saturated heterocycles. The molecule has 1 amide bonds. The maximum absolute atomic E-state index is 11.9. The Labute approximate surface area is 136 Å². The minimum atomic E-state index is -3.45. The van der Waals surface area contributed by atoms with E-state index in [0.29, 0.717) is 12.0 Å². The zero-order valence-corrected chi connectivity index (χ0v) is 14.2. The largest absolute Gasteiger partial charge is 0.481 e. The molecule has 1 aromatic rings. The number of rotatable bonds is 9. The number of nitrogens with one attached hydrogen (secondary N) is 1. The van der Waals surface area contributed by atoms with Crippen LogP contribution in [0.2, 0.25) is 0 Å². The molecule has 1 unspecified atom stereocenters. The summed E-state index contributed by atoms with van der Waals surface area (Å²) in [4.78, 5) is 23.7. The van der Waals surface area contributed by atoms with Gasteiger partial charge in [-0.2, -0.15) is 0 Å². The van der Waals surface area contributed by atoms with Crippen LogP contribution in [0.3, 0.4) is 0 Å². The van der Waals surface area contributed by atoms with E-state index in [0.717, 1.165) is 0 Å². The zero-order chi connectivity index (χ0) is 17.5. The molecule has 2 N–H and O–H groups in total. The van der Waals surface area contributed by atoms with Crippen molar-refractivity contribution < 1.29 is 23.1 Å². The summed E-state index contributed by atoms with van der Waals surface area (Å²) in [6, 6.07) is 8.63. The SMILES string of the molecule is CCCS(=O)(=O)CC(=O)NCC(CC)(C(=O)O)c1ccccc1. The molecule has 0 bridgehead atoms. The fourth-order valence-electron chi connectivity index (χ4n) is 2.42. The summed E-state index contributed by atoms with van der Waals surface area (Å²) < 4.78 is 23.3. The quantitative estimate of drug-likeness (QED) is 0.706. The van der Waals surface area contributed by atoms with Crippen LogP contribution in [-0.2, 0) is 24.8 Å². The first kappa shape index (κ1) is 19.2. The number of carbonyl (C=O) groups excluding carboxylic acids is 1. The molecule has 0 aliphatic heterocycles. The minimum absolute atomic E-state index is 0.0586.